The Balaban J connectivity index is 2.65. The molecule has 0 spiro atoms. The summed E-state index contributed by atoms with van der Waals surface area (Å²) in [6.07, 6.45) is 0.628. The van der Waals surface area contributed by atoms with E-state index in [2.05, 4.69) is 0 Å². The molecule has 1 aromatic carbocycles. The molecule has 2 unspecified atom stereocenters. The van der Waals surface area contributed by atoms with Gasteiger partial charge < -0.3 is 0 Å². The first kappa shape index (κ1) is 12.6. The fourth-order valence-corrected chi connectivity index (χ4v) is 1.69. The third-order valence-electron chi connectivity index (χ3n) is 2.91. The van der Waals surface area contributed by atoms with E-state index >= 15 is 0 Å². The topological polar surface area (TPSA) is 34.1 Å². The van der Waals surface area contributed by atoms with Crippen molar-refractivity contribution in [1.82, 2.24) is 0 Å². The highest BCUT2D eigenvalue weighted by Crippen LogP contribution is 2.17. The van der Waals surface area contributed by atoms with Crippen LogP contribution in [-0.2, 0) is 4.79 Å². The molecule has 16 heavy (non-hydrogen) atoms. The number of hydrogen-bond donors (Lipinski definition) is 0. The van der Waals surface area contributed by atoms with Crippen molar-refractivity contribution in [3.05, 3.63) is 35.9 Å². The Morgan fingerprint density at radius 2 is 1.62 bits per heavy atom. The fraction of sp³-hybridized carbons (Fsp3) is 0.429. The third-order valence-corrected chi connectivity index (χ3v) is 2.91. The normalized spacial score (nSPS) is 14.2. The molecule has 0 aliphatic carbocycles. The Morgan fingerprint density at radius 1 is 1.06 bits per heavy atom. The SMILES string of the molecule is CC(=O)C(C)CC(C)C(=O)c1ccccc1. The summed E-state index contributed by atoms with van der Waals surface area (Å²) in [6, 6.07) is 9.23. The highest BCUT2D eigenvalue weighted by atomic mass is 16.1. The van der Waals surface area contributed by atoms with Crippen molar-refractivity contribution in [2.45, 2.75) is 27.2 Å². The Bertz CT molecular complexity index is 368. The van der Waals surface area contributed by atoms with E-state index in [4.69, 9.17) is 0 Å². The van der Waals surface area contributed by atoms with Gasteiger partial charge >= 0.3 is 0 Å². The molecule has 0 saturated heterocycles. The van der Waals surface area contributed by atoms with Gasteiger partial charge in [-0.15, -0.1) is 0 Å². The maximum absolute atomic E-state index is 12.0. The van der Waals surface area contributed by atoms with Gasteiger partial charge in [0, 0.05) is 17.4 Å². The number of carbonyl (C=O) groups excluding carboxylic acids is 2. The number of hydrogen-bond acceptors (Lipinski definition) is 2. The molecule has 0 fully saturated rings. The van der Waals surface area contributed by atoms with E-state index in [9.17, 15) is 9.59 Å². The molecule has 0 aromatic heterocycles. The molecule has 0 radical (unpaired) electrons. The number of rotatable bonds is 5. The van der Waals surface area contributed by atoms with Gasteiger partial charge in [-0.25, -0.2) is 0 Å². The lowest BCUT2D eigenvalue weighted by Crippen LogP contribution is -2.17. The summed E-state index contributed by atoms with van der Waals surface area (Å²) in [5.74, 6) is 0.130. The molecule has 0 aliphatic rings. The Labute approximate surface area is 96.7 Å². The Kier molecular flexibility index (Phi) is 4.41. The van der Waals surface area contributed by atoms with E-state index in [0.717, 1.165) is 5.56 Å². The minimum atomic E-state index is -0.0960. The average molecular weight is 218 g/mol. The molecule has 0 aliphatic heterocycles. The molecule has 2 nitrogen and oxygen atoms in total. The molecule has 2 atom stereocenters. The van der Waals surface area contributed by atoms with Gasteiger partial charge in [-0.05, 0) is 13.3 Å². The van der Waals surface area contributed by atoms with Crippen molar-refractivity contribution in [3.8, 4) is 0 Å². The largest absolute Gasteiger partial charge is 0.300 e. The van der Waals surface area contributed by atoms with E-state index < -0.39 is 0 Å². The maximum Gasteiger partial charge on any atom is 0.165 e. The van der Waals surface area contributed by atoms with E-state index in [0.29, 0.717) is 6.42 Å². The summed E-state index contributed by atoms with van der Waals surface area (Å²) in [6.45, 7) is 5.33. The van der Waals surface area contributed by atoms with Gasteiger partial charge in [0.2, 0.25) is 0 Å². The predicted octanol–water partition coefficient (Wildman–Crippen LogP) is 3.12. The molecule has 0 N–H and O–H groups in total. The molecule has 0 saturated carbocycles. The van der Waals surface area contributed by atoms with Gasteiger partial charge in [-0.2, -0.15) is 0 Å². The van der Waals surface area contributed by atoms with Gasteiger partial charge in [-0.1, -0.05) is 44.2 Å². The van der Waals surface area contributed by atoms with E-state index in [1.807, 2.05) is 44.2 Å². The van der Waals surface area contributed by atoms with Gasteiger partial charge in [0.05, 0.1) is 0 Å². The van der Waals surface area contributed by atoms with Crippen molar-refractivity contribution >= 4 is 11.6 Å². The van der Waals surface area contributed by atoms with Crippen molar-refractivity contribution in [1.29, 1.82) is 0 Å². The lowest BCUT2D eigenvalue weighted by Gasteiger charge is -2.14. The van der Waals surface area contributed by atoms with Crippen molar-refractivity contribution < 1.29 is 9.59 Å². The van der Waals surface area contributed by atoms with Crippen LogP contribution >= 0.6 is 0 Å². The molecule has 1 aromatic rings. The number of carbonyl (C=O) groups is 2. The summed E-state index contributed by atoms with van der Waals surface area (Å²) >= 11 is 0. The van der Waals surface area contributed by atoms with Crippen LogP contribution < -0.4 is 0 Å². The monoisotopic (exact) mass is 218 g/mol. The molecule has 2 heteroatoms. The molecular formula is C14H18O2. The molecule has 0 amide bonds. The summed E-state index contributed by atoms with van der Waals surface area (Å²) < 4.78 is 0. The van der Waals surface area contributed by atoms with Crippen LogP contribution in [-0.4, -0.2) is 11.6 Å². The van der Waals surface area contributed by atoms with Crippen LogP contribution in [0.25, 0.3) is 0 Å². The second-order valence-electron chi connectivity index (χ2n) is 4.38. The third kappa shape index (κ3) is 3.30. The average Bonchev–Trinajstić information content (AvgIpc) is 2.28. The molecule has 0 bridgehead atoms. The zero-order chi connectivity index (χ0) is 12.1. The van der Waals surface area contributed by atoms with Crippen molar-refractivity contribution in [2.24, 2.45) is 11.8 Å². The van der Waals surface area contributed by atoms with E-state index in [1.54, 1.807) is 6.92 Å². The van der Waals surface area contributed by atoms with Crippen LogP contribution in [0.2, 0.25) is 0 Å². The second-order valence-corrected chi connectivity index (χ2v) is 4.38. The maximum atomic E-state index is 12.0. The second kappa shape index (κ2) is 5.59. The first-order valence-electron chi connectivity index (χ1n) is 5.62. The summed E-state index contributed by atoms with van der Waals surface area (Å²) in [5.41, 5.74) is 0.728. The predicted molar refractivity (Wildman–Crippen MR) is 64.4 cm³/mol. The highest BCUT2D eigenvalue weighted by molar-refractivity contribution is 5.97. The minimum absolute atomic E-state index is 0.0392. The zero-order valence-electron chi connectivity index (χ0n) is 10.1. The van der Waals surface area contributed by atoms with Gasteiger partial charge in [0.1, 0.15) is 5.78 Å². The number of benzene rings is 1. The summed E-state index contributed by atoms with van der Waals surface area (Å²) in [7, 11) is 0. The lowest BCUT2D eigenvalue weighted by atomic mass is 9.89. The van der Waals surface area contributed by atoms with Crippen molar-refractivity contribution in [3.63, 3.8) is 0 Å². The van der Waals surface area contributed by atoms with Crippen LogP contribution in [0.1, 0.15) is 37.6 Å². The van der Waals surface area contributed by atoms with E-state index in [-0.39, 0.29) is 23.4 Å². The molecule has 1 rings (SSSR count). The first-order chi connectivity index (χ1) is 7.52. The first-order valence-corrected chi connectivity index (χ1v) is 5.62. The molecule has 86 valence electrons. The lowest BCUT2D eigenvalue weighted by molar-refractivity contribution is -0.120. The van der Waals surface area contributed by atoms with Gasteiger partial charge in [0.15, 0.2) is 5.78 Å². The number of Topliss-reactive ketones (excluding diaryl/α,β-unsaturated/α-hetero) is 2. The van der Waals surface area contributed by atoms with Crippen LogP contribution in [0, 0.1) is 11.8 Å². The van der Waals surface area contributed by atoms with Crippen LogP contribution in [0.4, 0.5) is 0 Å². The van der Waals surface area contributed by atoms with Crippen LogP contribution in [0.15, 0.2) is 30.3 Å². The summed E-state index contributed by atoms with van der Waals surface area (Å²) in [5, 5.41) is 0. The Morgan fingerprint density at radius 3 is 2.12 bits per heavy atom. The van der Waals surface area contributed by atoms with E-state index in [1.165, 1.54) is 0 Å². The fourth-order valence-electron chi connectivity index (χ4n) is 1.69. The van der Waals surface area contributed by atoms with Gasteiger partial charge in [0.25, 0.3) is 0 Å². The Hall–Kier alpha value is -1.44. The standard InChI is InChI=1S/C14H18O2/c1-10(12(3)15)9-11(2)14(16)13-7-5-4-6-8-13/h4-8,10-11H,9H2,1-3H3. The number of ketones is 2. The molecular weight excluding hydrogens is 200 g/mol. The highest BCUT2D eigenvalue weighted by Gasteiger charge is 2.19. The quantitative estimate of drug-likeness (QED) is 0.711. The summed E-state index contributed by atoms with van der Waals surface area (Å²) in [4.78, 5) is 23.1. The van der Waals surface area contributed by atoms with Crippen LogP contribution in [0.3, 0.4) is 0 Å². The smallest absolute Gasteiger partial charge is 0.165 e. The minimum Gasteiger partial charge on any atom is -0.300 e. The zero-order valence-corrected chi connectivity index (χ0v) is 10.1. The van der Waals surface area contributed by atoms with Gasteiger partial charge in [-0.3, -0.25) is 9.59 Å². The van der Waals surface area contributed by atoms with Crippen molar-refractivity contribution in [2.75, 3.05) is 0 Å². The van der Waals surface area contributed by atoms with Crippen LogP contribution in [0.5, 0.6) is 0 Å². The molecule has 0 heterocycles.